The van der Waals surface area contributed by atoms with Crippen molar-refractivity contribution in [2.75, 3.05) is 32.8 Å². The van der Waals surface area contributed by atoms with E-state index in [1.807, 2.05) is 0 Å². The Bertz CT molecular complexity index is 265. The SMILES string of the molecule is CC(C)CNCC(O)CN1C(=O)COCC1=O. The van der Waals surface area contributed by atoms with E-state index in [1.165, 1.54) is 0 Å². The van der Waals surface area contributed by atoms with Crippen molar-refractivity contribution in [1.29, 1.82) is 0 Å². The average Bonchev–Trinajstić information content (AvgIpc) is 2.23. The second kappa shape index (κ2) is 6.68. The molecule has 0 radical (unpaired) electrons. The van der Waals surface area contributed by atoms with E-state index >= 15 is 0 Å². The van der Waals surface area contributed by atoms with Crippen molar-refractivity contribution in [3.05, 3.63) is 0 Å². The van der Waals surface area contributed by atoms with Gasteiger partial charge in [-0.1, -0.05) is 13.8 Å². The third-order valence-electron chi connectivity index (χ3n) is 2.38. The highest BCUT2D eigenvalue weighted by molar-refractivity contribution is 5.98. The van der Waals surface area contributed by atoms with Gasteiger partial charge in [-0.05, 0) is 12.5 Å². The number of carbonyl (C=O) groups excluding carboxylic acids is 2. The minimum Gasteiger partial charge on any atom is -0.390 e. The molecule has 1 aliphatic rings. The molecule has 98 valence electrons. The minimum atomic E-state index is -0.736. The molecule has 0 saturated carbocycles. The highest BCUT2D eigenvalue weighted by Gasteiger charge is 2.28. The summed E-state index contributed by atoms with van der Waals surface area (Å²) in [5, 5.41) is 12.8. The van der Waals surface area contributed by atoms with Gasteiger partial charge in [-0.25, -0.2) is 0 Å². The molecule has 1 unspecified atom stereocenters. The fraction of sp³-hybridized carbons (Fsp3) is 0.818. The van der Waals surface area contributed by atoms with Gasteiger partial charge in [0.2, 0.25) is 0 Å². The Balaban J connectivity index is 2.31. The number of aliphatic hydroxyl groups is 1. The van der Waals surface area contributed by atoms with E-state index in [9.17, 15) is 14.7 Å². The van der Waals surface area contributed by atoms with E-state index in [0.717, 1.165) is 11.4 Å². The molecule has 6 heteroatoms. The van der Waals surface area contributed by atoms with Gasteiger partial charge >= 0.3 is 0 Å². The third kappa shape index (κ3) is 4.80. The monoisotopic (exact) mass is 244 g/mol. The standard InChI is InChI=1S/C11H20N2O4/c1-8(2)3-12-4-9(14)5-13-10(15)6-17-7-11(13)16/h8-9,12,14H,3-7H2,1-2H3. The summed E-state index contributed by atoms with van der Waals surface area (Å²) < 4.78 is 4.78. The Hall–Kier alpha value is -0.980. The first-order chi connectivity index (χ1) is 8.00. The van der Waals surface area contributed by atoms with Crippen LogP contribution in [0.1, 0.15) is 13.8 Å². The highest BCUT2D eigenvalue weighted by Crippen LogP contribution is 2.02. The van der Waals surface area contributed by atoms with Crippen LogP contribution in [0.3, 0.4) is 0 Å². The van der Waals surface area contributed by atoms with E-state index in [2.05, 4.69) is 19.2 Å². The zero-order chi connectivity index (χ0) is 12.8. The lowest BCUT2D eigenvalue weighted by atomic mass is 10.2. The molecule has 0 bridgehead atoms. The Morgan fingerprint density at radius 1 is 1.29 bits per heavy atom. The number of rotatable bonds is 6. The molecule has 1 saturated heterocycles. The largest absolute Gasteiger partial charge is 0.390 e. The van der Waals surface area contributed by atoms with Crippen LogP contribution in [0.2, 0.25) is 0 Å². The van der Waals surface area contributed by atoms with Crippen LogP contribution in [0.5, 0.6) is 0 Å². The van der Waals surface area contributed by atoms with Crippen molar-refractivity contribution in [2.45, 2.75) is 20.0 Å². The molecule has 0 aliphatic carbocycles. The van der Waals surface area contributed by atoms with Crippen LogP contribution in [-0.2, 0) is 14.3 Å². The van der Waals surface area contributed by atoms with Crippen molar-refractivity contribution in [3.63, 3.8) is 0 Å². The molecule has 2 N–H and O–H groups in total. The Morgan fingerprint density at radius 3 is 2.41 bits per heavy atom. The first-order valence-corrected chi connectivity index (χ1v) is 5.80. The molecule has 2 amide bonds. The van der Waals surface area contributed by atoms with Gasteiger partial charge in [0.15, 0.2) is 0 Å². The predicted molar refractivity (Wildman–Crippen MR) is 61.3 cm³/mol. The molecule has 6 nitrogen and oxygen atoms in total. The minimum absolute atomic E-state index is 0.0339. The summed E-state index contributed by atoms with van der Waals surface area (Å²) in [6.45, 7) is 5.16. The lowest BCUT2D eigenvalue weighted by molar-refractivity contribution is -0.160. The molecule has 1 aliphatic heterocycles. The van der Waals surface area contributed by atoms with Crippen molar-refractivity contribution in [3.8, 4) is 0 Å². The molecule has 1 rings (SSSR count). The van der Waals surface area contributed by atoms with Gasteiger partial charge in [0.05, 0.1) is 12.6 Å². The van der Waals surface area contributed by atoms with Gasteiger partial charge in [-0.2, -0.15) is 0 Å². The second-order valence-electron chi connectivity index (χ2n) is 4.60. The number of hydrogen-bond acceptors (Lipinski definition) is 5. The van der Waals surface area contributed by atoms with E-state index in [1.54, 1.807) is 0 Å². The fourth-order valence-corrected chi connectivity index (χ4v) is 1.54. The number of imide groups is 1. The van der Waals surface area contributed by atoms with E-state index in [0.29, 0.717) is 12.5 Å². The predicted octanol–water partition coefficient (Wildman–Crippen LogP) is -1.02. The van der Waals surface area contributed by atoms with Gasteiger partial charge in [0.1, 0.15) is 13.2 Å². The summed E-state index contributed by atoms with van der Waals surface area (Å²) >= 11 is 0. The van der Waals surface area contributed by atoms with Crippen molar-refractivity contribution < 1.29 is 19.4 Å². The molecule has 0 spiro atoms. The van der Waals surface area contributed by atoms with Crippen LogP contribution in [0.4, 0.5) is 0 Å². The Morgan fingerprint density at radius 2 is 1.88 bits per heavy atom. The average molecular weight is 244 g/mol. The first kappa shape index (κ1) is 14.1. The lowest BCUT2D eigenvalue weighted by Gasteiger charge is -2.27. The number of nitrogens with one attached hydrogen (secondary N) is 1. The normalized spacial score (nSPS) is 18.9. The van der Waals surface area contributed by atoms with Crippen LogP contribution in [0, 0.1) is 5.92 Å². The van der Waals surface area contributed by atoms with Crippen LogP contribution < -0.4 is 5.32 Å². The summed E-state index contributed by atoms with van der Waals surface area (Å²) in [7, 11) is 0. The maximum absolute atomic E-state index is 11.4. The van der Waals surface area contributed by atoms with E-state index < -0.39 is 6.10 Å². The van der Waals surface area contributed by atoms with Gasteiger partial charge in [-0.15, -0.1) is 0 Å². The highest BCUT2D eigenvalue weighted by atomic mass is 16.5. The fourth-order valence-electron chi connectivity index (χ4n) is 1.54. The molecule has 0 aromatic carbocycles. The molecule has 17 heavy (non-hydrogen) atoms. The van der Waals surface area contributed by atoms with Crippen molar-refractivity contribution in [2.24, 2.45) is 5.92 Å². The van der Waals surface area contributed by atoms with E-state index in [-0.39, 0.29) is 31.6 Å². The van der Waals surface area contributed by atoms with Crippen molar-refractivity contribution >= 4 is 11.8 Å². The maximum atomic E-state index is 11.4. The second-order valence-corrected chi connectivity index (χ2v) is 4.60. The van der Waals surface area contributed by atoms with Crippen LogP contribution >= 0.6 is 0 Å². The number of β-amino-alcohol motifs (C(OH)–C–C–N with tert-alkyl or cyclic N) is 1. The molecular weight excluding hydrogens is 224 g/mol. The van der Waals surface area contributed by atoms with Crippen molar-refractivity contribution in [1.82, 2.24) is 10.2 Å². The quantitative estimate of drug-likeness (QED) is 0.585. The van der Waals surface area contributed by atoms with Gasteiger partial charge in [0.25, 0.3) is 11.8 Å². The van der Waals surface area contributed by atoms with Crippen LogP contribution in [-0.4, -0.2) is 60.8 Å². The number of ether oxygens (including phenoxy) is 1. The topological polar surface area (TPSA) is 78.9 Å². The number of morpholine rings is 1. The van der Waals surface area contributed by atoms with Crippen LogP contribution in [0.25, 0.3) is 0 Å². The number of carbonyl (C=O) groups is 2. The zero-order valence-electron chi connectivity index (χ0n) is 10.3. The van der Waals surface area contributed by atoms with Gasteiger partial charge < -0.3 is 15.2 Å². The van der Waals surface area contributed by atoms with E-state index in [4.69, 9.17) is 4.74 Å². The Kier molecular flexibility index (Phi) is 5.54. The summed E-state index contributed by atoms with van der Waals surface area (Å²) in [5.74, 6) is -0.276. The van der Waals surface area contributed by atoms with Gasteiger partial charge in [-0.3, -0.25) is 14.5 Å². The number of hydrogen-bond donors (Lipinski definition) is 2. The number of nitrogens with zero attached hydrogens (tertiary/aromatic N) is 1. The maximum Gasteiger partial charge on any atom is 0.255 e. The Labute approximate surface area is 101 Å². The molecule has 1 fully saturated rings. The third-order valence-corrected chi connectivity index (χ3v) is 2.38. The zero-order valence-corrected chi connectivity index (χ0v) is 10.3. The lowest BCUT2D eigenvalue weighted by Crippen LogP contribution is -2.50. The molecular formula is C11H20N2O4. The summed E-state index contributed by atoms with van der Waals surface area (Å²) in [6.07, 6.45) is -0.736. The molecule has 0 aromatic heterocycles. The summed E-state index contributed by atoms with van der Waals surface area (Å²) in [6, 6.07) is 0. The first-order valence-electron chi connectivity index (χ1n) is 5.80. The van der Waals surface area contributed by atoms with Crippen LogP contribution in [0.15, 0.2) is 0 Å². The molecule has 0 aromatic rings. The summed E-state index contributed by atoms with van der Waals surface area (Å²) in [4.78, 5) is 23.8. The molecule has 1 heterocycles. The smallest absolute Gasteiger partial charge is 0.255 e. The molecule has 1 atom stereocenters. The number of aliphatic hydroxyl groups excluding tert-OH is 1. The summed E-state index contributed by atoms with van der Waals surface area (Å²) in [5.41, 5.74) is 0. The number of amides is 2. The van der Waals surface area contributed by atoms with Gasteiger partial charge in [0, 0.05) is 6.54 Å².